The van der Waals surface area contributed by atoms with Crippen LogP contribution in [0.1, 0.15) is 6.92 Å². The number of carbonyl (C=O) groups is 1. The molecule has 0 bridgehead atoms. The number of halogens is 9. The van der Waals surface area contributed by atoms with Gasteiger partial charge in [-0.05, 0) is 0 Å². The standard InChI is InChI=1S/C10H9F9O2/c1-3-6(20)21-4-5(2)7(11,12)8(13,14)9(15,16)10(17,18)19/h3,5H,1,4H2,2H3. The molecule has 0 fully saturated rings. The number of ether oxygens (including phenoxy) is 1. The van der Waals surface area contributed by atoms with Crippen LogP contribution in [0.15, 0.2) is 12.7 Å². The van der Waals surface area contributed by atoms with Crippen LogP contribution in [0, 0.1) is 5.92 Å². The maximum absolute atomic E-state index is 13.2. The van der Waals surface area contributed by atoms with E-state index < -0.39 is 42.4 Å². The molecule has 0 aromatic carbocycles. The Balaban J connectivity index is 5.37. The normalized spacial score (nSPS) is 15.5. The van der Waals surface area contributed by atoms with Crippen molar-refractivity contribution in [1.29, 1.82) is 0 Å². The smallest absolute Gasteiger partial charge is 0.460 e. The van der Waals surface area contributed by atoms with E-state index in [9.17, 15) is 44.3 Å². The summed E-state index contributed by atoms with van der Waals surface area (Å²) in [6, 6.07) is 0. The second-order valence-electron chi connectivity index (χ2n) is 4.00. The van der Waals surface area contributed by atoms with Crippen LogP contribution in [0.3, 0.4) is 0 Å². The maximum Gasteiger partial charge on any atom is 0.460 e. The topological polar surface area (TPSA) is 26.3 Å². The zero-order chi connectivity index (χ0) is 17.3. The average molecular weight is 332 g/mol. The molecule has 0 rings (SSSR count). The summed E-state index contributed by atoms with van der Waals surface area (Å²) in [7, 11) is 0. The Labute approximate surface area is 112 Å². The maximum atomic E-state index is 13.2. The number of alkyl halides is 9. The fourth-order valence-electron chi connectivity index (χ4n) is 1.07. The van der Waals surface area contributed by atoms with Crippen molar-refractivity contribution >= 4 is 5.97 Å². The molecule has 21 heavy (non-hydrogen) atoms. The highest BCUT2D eigenvalue weighted by Crippen LogP contribution is 2.55. The molecule has 11 heteroatoms. The third-order valence-corrected chi connectivity index (χ3v) is 2.43. The summed E-state index contributed by atoms with van der Waals surface area (Å²) in [4.78, 5) is 10.5. The first-order chi connectivity index (χ1) is 9.13. The van der Waals surface area contributed by atoms with Crippen LogP contribution < -0.4 is 0 Å². The lowest BCUT2D eigenvalue weighted by atomic mass is 9.93. The first-order valence-corrected chi connectivity index (χ1v) is 5.12. The summed E-state index contributed by atoms with van der Waals surface area (Å²) < 4.78 is 117. The molecular formula is C10H9F9O2. The summed E-state index contributed by atoms with van der Waals surface area (Å²) in [5.74, 6) is -23.6. The summed E-state index contributed by atoms with van der Waals surface area (Å²) in [6.45, 7) is 1.58. The predicted molar refractivity (Wildman–Crippen MR) is 51.2 cm³/mol. The van der Waals surface area contributed by atoms with E-state index in [4.69, 9.17) is 0 Å². The zero-order valence-electron chi connectivity index (χ0n) is 10.3. The van der Waals surface area contributed by atoms with E-state index in [1.54, 1.807) is 0 Å². The molecule has 0 saturated heterocycles. The number of carbonyl (C=O) groups excluding carboxylic acids is 1. The highest BCUT2D eigenvalue weighted by molar-refractivity contribution is 5.81. The van der Waals surface area contributed by atoms with Crippen LogP contribution in [-0.4, -0.2) is 36.5 Å². The lowest BCUT2D eigenvalue weighted by molar-refractivity contribution is -0.403. The molecule has 0 aliphatic carbocycles. The lowest BCUT2D eigenvalue weighted by Gasteiger charge is -2.36. The van der Waals surface area contributed by atoms with Gasteiger partial charge in [0.2, 0.25) is 0 Å². The monoisotopic (exact) mass is 332 g/mol. The number of hydrogen-bond donors (Lipinski definition) is 0. The van der Waals surface area contributed by atoms with Gasteiger partial charge in [0.15, 0.2) is 0 Å². The van der Waals surface area contributed by atoms with Gasteiger partial charge in [-0.2, -0.15) is 39.5 Å². The van der Waals surface area contributed by atoms with E-state index in [1.165, 1.54) is 0 Å². The number of rotatable bonds is 6. The second kappa shape index (κ2) is 5.76. The second-order valence-corrected chi connectivity index (χ2v) is 4.00. The van der Waals surface area contributed by atoms with E-state index in [1.807, 2.05) is 0 Å². The van der Waals surface area contributed by atoms with Gasteiger partial charge in [0, 0.05) is 6.08 Å². The van der Waals surface area contributed by atoms with Gasteiger partial charge in [0.1, 0.15) is 6.61 Å². The lowest BCUT2D eigenvalue weighted by Crippen LogP contribution is -2.63. The van der Waals surface area contributed by atoms with Crippen molar-refractivity contribution in [3.05, 3.63) is 12.7 Å². The Hall–Kier alpha value is -1.42. The van der Waals surface area contributed by atoms with Crippen molar-refractivity contribution in [3.8, 4) is 0 Å². The quantitative estimate of drug-likeness (QED) is 0.420. The SMILES string of the molecule is C=CC(=O)OCC(C)C(F)(F)C(F)(F)C(F)(F)C(F)(F)F. The molecule has 0 spiro atoms. The molecule has 0 aromatic rings. The average Bonchev–Trinajstić information content (AvgIpc) is 2.33. The number of esters is 1. The molecule has 0 aliphatic rings. The van der Waals surface area contributed by atoms with Gasteiger partial charge >= 0.3 is 29.9 Å². The summed E-state index contributed by atoms with van der Waals surface area (Å²) in [5.41, 5.74) is 0. The first kappa shape index (κ1) is 19.6. The largest absolute Gasteiger partial charge is 0.462 e. The van der Waals surface area contributed by atoms with Crippen molar-refractivity contribution < 1.29 is 49.0 Å². The zero-order valence-corrected chi connectivity index (χ0v) is 10.3. The van der Waals surface area contributed by atoms with Gasteiger partial charge in [-0.25, -0.2) is 4.79 Å². The van der Waals surface area contributed by atoms with Crippen molar-refractivity contribution in [2.45, 2.75) is 30.9 Å². The molecule has 0 radical (unpaired) electrons. The molecule has 0 saturated carbocycles. The van der Waals surface area contributed by atoms with E-state index in [0.717, 1.165) is 0 Å². The van der Waals surface area contributed by atoms with Gasteiger partial charge < -0.3 is 4.74 Å². The first-order valence-electron chi connectivity index (χ1n) is 5.12. The minimum absolute atomic E-state index is 0.233. The molecular weight excluding hydrogens is 323 g/mol. The molecule has 0 amide bonds. The van der Waals surface area contributed by atoms with Crippen LogP contribution in [0.5, 0.6) is 0 Å². The van der Waals surface area contributed by atoms with E-state index in [-0.39, 0.29) is 6.92 Å². The molecule has 0 aromatic heterocycles. The summed E-state index contributed by atoms with van der Waals surface area (Å²) in [6.07, 6.45) is -6.41. The molecule has 1 atom stereocenters. The van der Waals surface area contributed by atoms with Gasteiger partial charge in [-0.1, -0.05) is 13.5 Å². The van der Waals surface area contributed by atoms with Crippen molar-refractivity contribution in [1.82, 2.24) is 0 Å². The molecule has 0 aliphatic heterocycles. The Morgan fingerprint density at radius 3 is 1.81 bits per heavy atom. The van der Waals surface area contributed by atoms with Crippen LogP contribution >= 0.6 is 0 Å². The molecule has 0 heterocycles. The van der Waals surface area contributed by atoms with Crippen LogP contribution in [0.4, 0.5) is 39.5 Å². The predicted octanol–water partition coefficient (Wildman–Crippen LogP) is 3.82. The van der Waals surface area contributed by atoms with Gasteiger partial charge in [0.25, 0.3) is 0 Å². The third-order valence-electron chi connectivity index (χ3n) is 2.43. The fraction of sp³-hybridized carbons (Fsp3) is 0.700. The van der Waals surface area contributed by atoms with Gasteiger partial charge in [-0.3, -0.25) is 0 Å². The van der Waals surface area contributed by atoms with E-state index >= 15 is 0 Å². The van der Waals surface area contributed by atoms with Gasteiger partial charge in [0.05, 0.1) is 5.92 Å². The minimum atomic E-state index is -6.96. The Kier molecular flexibility index (Phi) is 5.37. The Morgan fingerprint density at radius 1 is 1.05 bits per heavy atom. The highest BCUT2D eigenvalue weighted by Gasteiger charge is 2.82. The Morgan fingerprint density at radius 2 is 1.48 bits per heavy atom. The van der Waals surface area contributed by atoms with Crippen LogP contribution in [0.2, 0.25) is 0 Å². The van der Waals surface area contributed by atoms with Crippen molar-refractivity contribution in [2.24, 2.45) is 5.92 Å². The van der Waals surface area contributed by atoms with Crippen molar-refractivity contribution in [3.63, 3.8) is 0 Å². The van der Waals surface area contributed by atoms with E-state index in [0.29, 0.717) is 6.08 Å². The number of hydrogen-bond acceptors (Lipinski definition) is 2. The van der Waals surface area contributed by atoms with Crippen LogP contribution in [0.25, 0.3) is 0 Å². The highest BCUT2D eigenvalue weighted by atomic mass is 19.4. The molecule has 124 valence electrons. The summed E-state index contributed by atoms with van der Waals surface area (Å²) >= 11 is 0. The molecule has 1 unspecified atom stereocenters. The van der Waals surface area contributed by atoms with Crippen LogP contribution in [-0.2, 0) is 9.53 Å². The van der Waals surface area contributed by atoms with Crippen molar-refractivity contribution in [2.75, 3.05) is 6.61 Å². The van der Waals surface area contributed by atoms with Gasteiger partial charge in [-0.15, -0.1) is 0 Å². The molecule has 2 nitrogen and oxygen atoms in total. The fourth-order valence-corrected chi connectivity index (χ4v) is 1.07. The summed E-state index contributed by atoms with van der Waals surface area (Å²) in [5, 5.41) is 0. The third kappa shape index (κ3) is 3.43. The minimum Gasteiger partial charge on any atom is -0.462 e. The van der Waals surface area contributed by atoms with E-state index in [2.05, 4.69) is 11.3 Å². The Bertz CT molecular complexity index is 400. The molecule has 0 N–H and O–H groups in total.